The molecule has 0 bridgehead atoms. The summed E-state index contributed by atoms with van der Waals surface area (Å²) in [5, 5.41) is 17.8. The van der Waals surface area contributed by atoms with Gasteiger partial charge in [-0.1, -0.05) is 199 Å². The van der Waals surface area contributed by atoms with Crippen LogP contribution in [-0.2, 0) is 17.8 Å². The van der Waals surface area contributed by atoms with Crippen LogP contribution in [0.2, 0.25) is 0 Å². The summed E-state index contributed by atoms with van der Waals surface area (Å²) in [5.74, 6) is 1.54. The van der Waals surface area contributed by atoms with E-state index in [-0.39, 0.29) is 6.42 Å². The Hall–Kier alpha value is -2.77. The van der Waals surface area contributed by atoms with Gasteiger partial charge in [-0.25, -0.2) is 4.68 Å². The molecule has 0 spiro atoms. The highest BCUT2D eigenvalue weighted by Crippen LogP contribution is 2.40. The highest BCUT2D eigenvalue weighted by Gasteiger charge is 2.17. The highest BCUT2D eigenvalue weighted by molar-refractivity contribution is 5.66. The van der Waals surface area contributed by atoms with Gasteiger partial charge in [0.2, 0.25) is 5.75 Å². The molecule has 0 aliphatic carbocycles. The molecule has 0 amide bonds. The molecule has 58 heavy (non-hydrogen) atoms. The van der Waals surface area contributed by atoms with Crippen molar-refractivity contribution in [1.82, 2.24) is 15.0 Å². The Labute approximate surface area is 356 Å². The fourth-order valence-corrected chi connectivity index (χ4v) is 7.69. The van der Waals surface area contributed by atoms with Crippen LogP contribution in [0.25, 0.3) is 0 Å². The second-order valence-corrected chi connectivity index (χ2v) is 17.0. The number of carbonyl (C=O) groups is 1. The summed E-state index contributed by atoms with van der Waals surface area (Å²) in [6.07, 6.45) is 43.1. The van der Waals surface area contributed by atoms with E-state index in [2.05, 4.69) is 43.2 Å². The van der Waals surface area contributed by atoms with Crippen LogP contribution in [0.4, 0.5) is 0 Å². The fraction of sp³-hybridized carbons (Fsp3) is 0.820. The van der Waals surface area contributed by atoms with Gasteiger partial charge in [0.25, 0.3) is 0 Å². The molecule has 8 heteroatoms. The van der Waals surface area contributed by atoms with Gasteiger partial charge in [-0.2, -0.15) is 0 Å². The SMILES string of the molecule is CCCCCCCCCCCCOc1cc(Cn2cc(CCCCC(=O)O)nn2)cc(OCCCCCCCCCCCC)c1OCCCCCCCCCCCC. The number of unbranched alkanes of at least 4 members (excludes halogenated alkanes) is 28. The molecule has 1 heterocycles. The normalized spacial score (nSPS) is 11.4. The predicted octanol–water partition coefficient (Wildman–Crippen LogP) is 15.0. The van der Waals surface area contributed by atoms with Crippen molar-refractivity contribution in [2.75, 3.05) is 19.8 Å². The minimum Gasteiger partial charge on any atom is -0.490 e. The molecule has 0 radical (unpaired) electrons. The van der Waals surface area contributed by atoms with E-state index in [0.717, 1.165) is 60.6 Å². The average molecular weight is 812 g/mol. The molecule has 8 nitrogen and oxygen atoms in total. The lowest BCUT2D eigenvalue weighted by molar-refractivity contribution is -0.137. The van der Waals surface area contributed by atoms with Crippen molar-refractivity contribution in [2.24, 2.45) is 0 Å². The molecule has 1 aromatic heterocycles. The van der Waals surface area contributed by atoms with E-state index < -0.39 is 5.97 Å². The second-order valence-electron chi connectivity index (χ2n) is 17.0. The van der Waals surface area contributed by atoms with Crippen LogP contribution < -0.4 is 14.2 Å². The molecular formula is C50H89N3O5. The Bertz CT molecular complexity index is 1190. The second kappa shape index (κ2) is 37.2. The molecule has 0 saturated heterocycles. The van der Waals surface area contributed by atoms with Crippen molar-refractivity contribution >= 4 is 5.97 Å². The largest absolute Gasteiger partial charge is 0.490 e. The maximum absolute atomic E-state index is 10.9. The lowest BCUT2D eigenvalue weighted by Gasteiger charge is -2.19. The van der Waals surface area contributed by atoms with Gasteiger partial charge in [0.1, 0.15) is 0 Å². The van der Waals surface area contributed by atoms with Gasteiger partial charge < -0.3 is 19.3 Å². The van der Waals surface area contributed by atoms with E-state index >= 15 is 0 Å². The third kappa shape index (κ3) is 27.8. The molecule has 0 unspecified atom stereocenters. The van der Waals surface area contributed by atoms with Crippen molar-refractivity contribution < 1.29 is 24.1 Å². The molecule has 334 valence electrons. The van der Waals surface area contributed by atoms with Crippen LogP contribution in [0, 0.1) is 0 Å². The van der Waals surface area contributed by atoms with Gasteiger partial charge in [0, 0.05) is 12.6 Å². The number of hydrogen-bond acceptors (Lipinski definition) is 6. The molecule has 2 aromatic rings. The fourth-order valence-electron chi connectivity index (χ4n) is 7.69. The number of hydrogen-bond donors (Lipinski definition) is 1. The van der Waals surface area contributed by atoms with Crippen LogP contribution in [0.5, 0.6) is 17.2 Å². The molecule has 1 aromatic carbocycles. The van der Waals surface area contributed by atoms with Crippen molar-refractivity contribution in [3.8, 4) is 17.2 Å². The number of benzene rings is 1. The Balaban J connectivity index is 2.06. The number of aromatic nitrogens is 3. The zero-order chi connectivity index (χ0) is 41.6. The van der Waals surface area contributed by atoms with Crippen molar-refractivity contribution in [2.45, 2.75) is 246 Å². The monoisotopic (exact) mass is 812 g/mol. The molecular weight excluding hydrogens is 723 g/mol. The Morgan fingerprint density at radius 3 is 1.29 bits per heavy atom. The van der Waals surface area contributed by atoms with Gasteiger partial charge in [0.05, 0.1) is 32.1 Å². The van der Waals surface area contributed by atoms with Gasteiger partial charge in [-0.3, -0.25) is 4.79 Å². The third-order valence-electron chi connectivity index (χ3n) is 11.3. The van der Waals surface area contributed by atoms with Gasteiger partial charge >= 0.3 is 5.97 Å². The first-order valence-electron chi connectivity index (χ1n) is 24.7. The first-order valence-corrected chi connectivity index (χ1v) is 24.7. The van der Waals surface area contributed by atoms with E-state index in [4.69, 9.17) is 19.3 Å². The Morgan fingerprint density at radius 1 is 0.517 bits per heavy atom. The van der Waals surface area contributed by atoms with Crippen molar-refractivity contribution in [3.05, 3.63) is 29.6 Å². The van der Waals surface area contributed by atoms with Crippen LogP contribution in [0.3, 0.4) is 0 Å². The summed E-state index contributed by atoms with van der Waals surface area (Å²) in [6, 6.07) is 4.23. The standard InChI is InChI=1S/C50H89N3O5/c1-4-7-10-13-16-19-22-25-28-33-38-56-47-41-45(43-53-44-46(51-52-53)36-31-32-37-49(54)55)42-48(57-39-34-29-26-23-20-17-14-11-8-5-2)50(47)58-40-35-30-27-24-21-18-15-12-9-6-3/h41-42,44H,4-40,43H2,1-3H3,(H,54,55). The Morgan fingerprint density at radius 2 is 0.897 bits per heavy atom. The predicted molar refractivity (Wildman–Crippen MR) is 243 cm³/mol. The van der Waals surface area contributed by atoms with Gasteiger partial charge in [-0.05, 0) is 56.2 Å². The molecule has 2 rings (SSSR count). The maximum Gasteiger partial charge on any atom is 0.303 e. The summed E-state index contributed by atoms with van der Waals surface area (Å²) in [4.78, 5) is 10.9. The van der Waals surface area contributed by atoms with E-state index in [1.54, 1.807) is 0 Å². The zero-order valence-corrected chi connectivity index (χ0v) is 38.0. The minimum absolute atomic E-state index is 0.186. The maximum atomic E-state index is 10.9. The molecule has 0 aliphatic rings. The van der Waals surface area contributed by atoms with Crippen LogP contribution in [-0.4, -0.2) is 45.9 Å². The summed E-state index contributed by atoms with van der Waals surface area (Å²) >= 11 is 0. The minimum atomic E-state index is -0.753. The first kappa shape index (κ1) is 51.4. The molecule has 0 fully saturated rings. The third-order valence-corrected chi connectivity index (χ3v) is 11.3. The lowest BCUT2D eigenvalue weighted by Crippen LogP contribution is -2.08. The summed E-state index contributed by atoms with van der Waals surface area (Å²) in [7, 11) is 0. The topological polar surface area (TPSA) is 95.7 Å². The van der Waals surface area contributed by atoms with Crippen molar-refractivity contribution in [3.63, 3.8) is 0 Å². The summed E-state index contributed by atoms with van der Waals surface area (Å²) < 4.78 is 21.6. The number of carboxylic acids is 1. The molecule has 0 saturated carbocycles. The molecule has 0 atom stereocenters. The Kier molecular flexibility index (Phi) is 33.0. The number of carboxylic acid groups (broad SMARTS) is 1. The van der Waals surface area contributed by atoms with Gasteiger partial charge in [0.15, 0.2) is 11.5 Å². The quantitative estimate of drug-likeness (QED) is 0.0666. The number of nitrogens with zero attached hydrogens (tertiary/aromatic N) is 3. The number of rotatable bonds is 43. The van der Waals surface area contributed by atoms with E-state index in [1.807, 2.05) is 10.9 Å². The van der Waals surface area contributed by atoms with Crippen molar-refractivity contribution in [1.29, 1.82) is 0 Å². The number of aryl methyl sites for hydroxylation is 1. The number of ether oxygens (including phenoxy) is 3. The highest BCUT2D eigenvalue weighted by atomic mass is 16.5. The van der Waals surface area contributed by atoms with E-state index in [1.165, 1.54) is 173 Å². The smallest absolute Gasteiger partial charge is 0.303 e. The van der Waals surface area contributed by atoms with Crippen LogP contribution in [0.1, 0.15) is 244 Å². The zero-order valence-electron chi connectivity index (χ0n) is 38.0. The van der Waals surface area contributed by atoms with Crippen LogP contribution >= 0.6 is 0 Å². The van der Waals surface area contributed by atoms with Crippen LogP contribution in [0.15, 0.2) is 18.3 Å². The molecule has 0 aliphatic heterocycles. The summed E-state index contributed by atoms with van der Waals surface area (Å²) in [6.45, 7) is 9.37. The van der Waals surface area contributed by atoms with E-state index in [9.17, 15) is 4.79 Å². The van der Waals surface area contributed by atoms with Gasteiger partial charge in [-0.15, -0.1) is 5.10 Å². The number of aliphatic carboxylic acids is 1. The lowest BCUT2D eigenvalue weighted by atomic mass is 10.1. The molecule has 1 N–H and O–H groups in total. The summed E-state index contributed by atoms with van der Waals surface area (Å²) in [5.41, 5.74) is 1.93. The average Bonchev–Trinajstić information content (AvgIpc) is 3.67. The van der Waals surface area contributed by atoms with E-state index in [0.29, 0.717) is 32.8 Å². The first-order chi connectivity index (χ1) is 28.6.